The highest BCUT2D eigenvalue weighted by atomic mass is 19.1. The van der Waals surface area contributed by atoms with Crippen molar-refractivity contribution in [3.05, 3.63) is 106 Å². The predicted molar refractivity (Wildman–Crippen MR) is 122 cm³/mol. The van der Waals surface area contributed by atoms with Gasteiger partial charge in [0.15, 0.2) is 0 Å². The maximum atomic E-state index is 13.7. The number of carbonyl (C=O) groups excluding carboxylic acids is 2. The predicted octanol–water partition coefficient (Wildman–Crippen LogP) is 3.34. The van der Waals surface area contributed by atoms with Crippen LogP contribution < -0.4 is 10.6 Å². The van der Waals surface area contributed by atoms with Crippen LogP contribution in [0.2, 0.25) is 0 Å². The van der Waals surface area contributed by atoms with E-state index in [2.05, 4.69) is 15.6 Å². The fourth-order valence-electron chi connectivity index (χ4n) is 3.36. The molecule has 172 valence electrons. The number of rotatable bonds is 7. The van der Waals surface area contributed by atoms with Crippen molar-refractivity contribution in [3.8, 4) is 0 Å². The van der Waals surface area contributed by atoms with Crippen LogP contribution in [0.4, 0.5) is 4.39 Å². The van der Waals surface area contributed by atoms with E-state index in [4.69, 9.17) is 5.11 Å². The number of nitrogens with one attached hydrogen (secondary N) is 2. The smallest absolute Gasteiger partial charge is 0.335 e. The van der Waals surface area contributed by atoms with Gasteiger partial charge in [-0.05, 0) is 53.9 Å². The summed E-state index contributed by atoms with van der Waals surface area (Å²) in [5.41, 5.74) is 2.88. The molecule has 0 atom stereocenters. The topological polar surface area (TPSA) is 113 Å². The van der Waals surface area contributed by atoms with Crippen LogP contribution in [0.1, 0.15) is 48.0 Å². The fraction of sp³-hybridized carbons (Fsp3) is 0.120. The first-order chi connectivity index (χ1) is 16.3. The lowest BCUT2D eigenvalue weighted by atomic mass is 10.1. The van der Waals surface area contributed by atoms with Crippen LogP contribution >= 0.6 is 0 Å². The lowest BCUT2D eigenvalue weighted by Crippen LogP contribution is -2.25. The van der Waals surface area contributed by atoms with Crippen LogP contribution in [0.15, 0.2) is 66.9 Å². The third-order valence-electron chi connectivity index (χ3n) is 5.30. The highest BCUT2D eigenvalue weighted by molar-refractivity contribution is 5.95. The van der Waals surface area contributed by atoms with E-state index < -0.39 is 11.9 Å². The SMILES string of the molecule is Cc1ccc(CNC(=O)c2cn3c(C(=O)NCc4ccc(C(=O)O)cc4)cccc3n2)cc1F. The van der Waals surface area contributed by atoms with E-state index in [1.807, 2.05) is 0 Å². The summed E-state index contributed by atoms with van der Waals surface area (Å²) in [6.45, 7) is 2.00. The number of halogens is 1. The summed E-state index contributed by atoms with van der Waals surface area (Å²) in [5.74, 6) is -2.19. The number of carboxylic acid groups (broad SMARTS) is 1. The van der Waals surface area contributed by atoms with Gasteiger partial charge in [0.2, 0.25) is 0 Å². The zero-order chi connectivity index (χ0) is 24.2. The third kappa shape index (κ3) is 4.93. The molecule has 8 nitrogen and oxygen atoms in total. The highest BCUT2D eigenvalue weighted by Crippen LogP contribution is 2.12. The number of aromatic nitrogens is 2. The quantitative estimate of drug-likeness (QED) is 0.392. The average Bonchev–Trinajstić information content (AvgIpc) is 3.28. The minimum absolute atomic E-state index is 0.122. The molecule has 0 aliphatic heterocycles. The molecule has 3 N–H and O–H groups in total. The van der Waals surface area contributed by atoms with Crippen molar-refractivity contribution < 1.29 is 23.9 Å². The second-order valence-electron chi connectivity index (χ2n) is 7.72. The summed E-state index contributed by atoms with van der Waals surface area (Å²) in [6, 6.07) is 15.9. The second-order valence-corrected chi connectivity index (χ2v) is 7.72. The Kier molecular flexibility index (Phi) is 6.35. The molecule has 4 rings (SSSR count). The lowest BCUT2D eigenvalue weighted by Gasteiger charge is -2.07. The van der Waals surface area contributed by atoms with Crippen molar-refractivity contribution in [3.63, 3.8) is 0 Å². The van der Waals surface area contributed by atoms with Gasteiger partial charge >= 0.3 is 5.97 Å². The molecule has 34 heavy (non-hydrogen) atoms. The number of pyridine rings is 1. The Bertz CT molecular complexity index is 1400. The molecule has 0 spiro atoms. The normalized spacial score (nSPS) is 10.8. The van der Waals surface area contributed by atoms with E-state index in [9.17, 15) is 18.8 Å². The number of benzene rings is 2. The largest absolute Gasteiger partial charge is 0.478 e. The van der Waals surface area contributed by atoms with Gasteiger partial charge < -0.3 is 15.7 Å². The first-order valence-electron chi connectivity index (χ1n) is 10.4. The molecule has 4 aromatic rings. The monoisotopic (exact) mass is 460 g/mol. The van der Waals surface area contributed by atoms with Crippen LogP contribution in [0.25, 0.3) is 5.65 Å². The molecular weight excluding hydrogens is 439 g/mol. The average molecular weight is 460 g/mol. The summed E-state index contributed by atoms with van der Waals surface area (Å²) in [6.07, 6.45) is 1.47. The third-order valence-corrected chi connectivity index (χ3v) is 5.30. The van der Waals surface area contributed by atoms with Gasteiger partial charge in [-0.15, -0.1) is 0 Å². The summed E-state index contributed by atoms with van der Waals surface area (Å²) in [4.78, 5) is 40.6. The van der Waals surface area contributed by atoms with Crippen LogP contribution in [0.3, 0.4) is 0 Å². The van der Waals surface area contributed by atoms with Crippen molar-refractivity contribution in [2.45, 2.75) is 20.0 Å². The molecule has 0 bridgehead atoms. The first-order valence-corrected chi connectivity index (χ1v) is 10.4. The highest BCUT2D eigenvalue weighted by Gasteiger charge is 2.16. The number of hydrogen-bond donors (Lipinski definition) is 3. The fourth-order valence-corrected chi connectivity index (χ4v) is 3.36. The van der Waals surface area contributed by atoms with E-state index in [0.717, 1.165) is 5.56 Å². The number of carbonyl (C=O) groups is 3. The molecule has 0 unspecified atom stereocenters. The Morgan fingerprint density at radius 3 is 2.32 bits per heavy atom. The Morgan fingerprint density at radius 1 is 0.941 bits per heavy atom. The van der Waals surface area contributed by atoms with Crippen molar-refractivity contribution in [2.24, 2.45) is 0 Å². The zero-order valence-electron chi connectivity index (χ0n) is 18.2. The van der Waals surface area contributed by atoms with Gasteiger partial charge in [0.25, 0.3) is 11.8 Å². The maximum absolute atomic E-state index is 13.7. The minimum Gasteiger partial charge on any atom is -0.478 e. The van der Waals surface area contributed by atoms with Gasteiger partial charge in [-0.25, -0.2) is 14.2 Å². The number of hydrogen-bond acceptors (Lipinski definition) is 4. The Labute approximate surface area is 194 Å². The van der Waals surface area contributed by atoms with E-state index in [-0.39, 0.29) is 41.8 Å². The first kappa shape index (κ1) is 22.7. The van der Waals surface area contributed by atoms with Crippen LogP contribution in [0.5, 0.6) is 0 Å². The molecule has 2 amide bonds. The van der Waals surface area contributed by atoms with Crippen molar-refractivity contribution >= 4 is 23.4 Å². The molecule has 0 fully saturated rings. The minimum atomic E-state index is -1.02. The molecule has 0 saturated heterocycles. The molecule has 0 aliphatic rings. The molecule has 2 aromatic heterocycles. The molecular formula is C25H21FN4O4. The van der Waals surface area contributed by atoms with Crippen molar-refractivity contribution in [2.75, 3.05) is 0 Å². The number of fused-ring (bicyclic) bond motifs is 1. The van der Waals surface area contributed by atoms with Gasteiger partial charge in [0.05, 0.1) is 5.56 Å². The van der Waals surface area contributed by atoms with Crippen molar-refractivity contribution in [1.29, 1.82) is 0 Å². The van der Waals surface area contributed by atoms with Gasteiger partial charge in [0, 0.05) is 19.3 Å². The number of aryl methyl sites for hydroxylation is 1. The number of carboxylic acids is 1. The number of aromatic carboxylic acids is 1. The second kappa shape index (κ2) is 9.53. The van der Waals surface area contributed by atoms with E-state index >= 15 is 0 Å². The zero-order valence-corrected chi connectivity index (χ0v) is 18.2. The van der Waals surface area contributed by atoms with E-state index in [1.165, 1.54) is 28.8 Å². The molecule has 0 radical (unpaired) electrons. The van der Waals surface area contributed by atoms with Gasteiger partial charge in [-0.1, -0.05) is 30.3 Å². The molecule has 2 aromatic carbocycles. The Morgan fingerprint density at radius 2 is 1.62 bits per heavy atom. The van der Waals surface area contributed by atoms with Gasteiger partial charge in [-0.3, -0.25) is 14.0 Å². The molecule has 0 aliphatic carbocycles. The Balaban J connectivity index is 1.45. The summed E-state index contributed by atoms with van der Waals surface area (Å²) < 4.78 is 15.2. The van der Waals surface area contributed by atoms with Crippen LogP contribution in [-0.2, 0) is 13.1 Å². The standard InChI is InChI=1S/C25H21FN4O4/c1-15-5-6-17(11-19(15)26)13-27-23(31)20-14-30-21(3-2-4-22(30)29-20)24(32)28-12-16-7-9-18(10-8-16)25(33)34/h2-11,14H,12-13H2,1H3,(H,27,31)(H,28,32)(H,33,34). The summed E-state index contributed by atoms with van der Waals surface area (Å²) in [5, 5.41) is 14.5. The number of imidazole rings is 1. The van der Waals surface area contributed by atoms with Crippen LogP contribution in [0, 0.1) is 12.7 Å². The van der Waals surface area contributed by atoms with Crippen molar-refractivity contribution in [1.82, 2.24) is 20.0 Å². The molecule has 2 heterocycles. The maximum Gasteiger partial charge on any atom is 0.335 e. The van der Waals surface area contributed by atoms with Gasteiger partial charge in [-0.2, -0.15) is 0 Å². The van der Waals surface area contributed by atoms with E-state index in [0.29, 0.717) is 16.8 Å². The lowest BCUT2D eigenvalue weighted by molar-refractivity contribution is 0.0696. The number of nitrogens with zero attached hydrogens (tertiary/aromatic N) is 2. The van der Waals surface area contributed by atoms with Crippen LogP contribution in [-0.4, -0.2) is 32.3 Å². The van der Waals surface area contributed by atoms with E-state index in [1.54, 1.807) is 49.4 Å². The Hall–Kier alpha value is -4.53. The number of amides is 2. The summed E-state index contributed by atoms with van der Waals surface area (Å²) in [7, 11) is 0. The molecule has 0 saturated carbocycles. The van der Waals surface area contributed by atoms with Gasteiger partial charge in [0.1, 0.15) is 22.9 Å². The molecule has 9 heteroatoms. The summed E-state index contributed by atoms with van der Waals surface area (Å²) >= 11 is 0.